The van der Waals surface area contributed by atoms with Crippen molar-refractivity contribution >= 4 is 22.4 Å². The Morgan fingerprint density at radius 1 is 1.03 bits per heavy atom. The number of piperidine rings is 1. The summed E-state index contributed by atoms with van der Waals surface area (Å²) in [6, 6.07) is 8.03. The number of rotatable bonds is 4. The van der Waals surface area contributed by atoms with E-state index in [4.69, 9.17) is 4.74 Å². The largest absolute Gasteiger partial charge is 0.385 e. The van der Waals surface area contributed by atoms with Gasteiger partial charge in [-0.15, -0.1) is 10.2 Å². The molecule has 156 valence electrons. The molecule has 30 heavy (non-hydrogen) atoms. The Labute approximate surface area is 174 Å². The van der Waals surface area contributed by atoms with E-state index in [9.17, 15) is 5.11 Å². The van der Waals surface area contributed by atoms with E-state index >= 15 is 0 Å². The van der Waals surface area contributed by atoms with Gasteiger partial charge in [0, 0.05) is 55.6 Å². The number of nitrogens with zero attached hydrogens (tertiary/aromatic N) is 7. The highest BCUT2D eigenvalue weighted by molar-refractivity contribution is 5.91. The third kappa shape index (κ3) is 3.78. The van der Waals surface area contributed by atoms with Gasteiger partial charge in [-0.05, 0) is 42.3 Å². The van der Waals surface area contributed by atoms with Gasteiger partial charge in [0.15, 0.2) is 11.6 Å². The smallest absolute Gasteiger partial charge is 0.162 e. The van der Waals surface area contributed by atoms with Crippen LogP contribution in [-0.4, -0.2) is 69.9 Å². The fourth-order valence-corrected chi connectivity index (χ4v) is 4.34. The summed E-state index contributed by atoms with van der Waals surface area (Å²) in [6.45, 7) is 4.80. The van der Waals surface area contributed by atoms with Crippen LogP contribution in [-0.2, 0) is 4.74 Å². The monoisotopic (exact) mass is 407 g/mol. The minimum Gasteiger partial charge on any atom is -0.385 e. The van der Waals surface area contributed by atoms with Gasteiger partial charge in [0.05, 0.1) is 13.2 Å². The zero-order valence-corrected chi connectivity index (χ0v) is 16.8. The SMILES string of the molecule is OC(c1ncccn1)C1CCCN(c2nnnc3cc(N4CCOCC4)ccc23)C1. The first-order valence-electron chi connectivity index (χ1n) is 10.5. The fourth-order valence-electron chi connectivity index (χ4n) is 4.34. The van der Waals surface area contributed by atoms with E-state index in [0.717, 1.165) is 68.1 Å². The molecule has 9 nitrogen and oxygen atoms in total. The predicted molar refractivity (Wildman–Crippen MR) is 112 cm³/mol. The van der Waals surface area contributed by atoms with Crippen molar-refractivity contribution in [3.05, 3.63) is 42.5 Å². The van der Waals surface area contributed by atoms with E-state index in [1.807, 2.05) is 0 Å². The van der Waals surface area contributed by atoms with E-state index in [2.05, 4.69) is 53.4 Å². The molecule has 9 heteroatoms. The van der Waals surface area contributed by atoms with Crippen molar-refractivity contribution in [1.82, 2.24) is 25.4 Å². The Kier molecular flexibility index (Phi) is 5.37. The van der Waals surface area contributed by atoms with Crippen LogP contribution < -0.4 is 9.80 Å². The standard InChI is InChI=1S/C21H25N7O2/c29-19(20-22-6-2-7-23-20)15-3-1-8-28(14-15)21-17-5-4-16(13-18(17)24-26-25-21)27-9-11-30-12-10-27/h2,4-7,13,15,19,29H,1,3,8-12,14H2. The first-order chi connectivity index (χ1) is 14.8. The molecular formula is C21H25N7O2. The second kappa shape index (κ2) is 8.45. The molecule has 2 aliphatic heterocycles. The number of hydrogen-bond donors (Lipinski definition) is 1. The number of ether oxygens (including phenoxy) is 1. The average Bonchev–Trinajstić information content (AvgIpc) is 2.84. The number of hydrogen-bond acceptors (Lipinski definition) is 9. The van der Waals surface area contributed by atoms with Crippen LogP contribution in [0.2, 0.25) is 0 Å². The quantitative estimate of drug-likeness (QED) is 0.691. The third-order valence-corrected chi connectivity index (χ3v) is 5.94. The van der Waals surface area contributed by atoms with Gasteiger partial charge in [-0.2, -0.15) is 0 Å². The molecule has 0 aliphatic carbocycles. The van der Waals surface area contributed by atoms with Gasteiger partial charge >= 0.3 is 0 Å². The van der Waals surface area contributed by atoms with Crippen LogP contribution in [0.3, 0.4) is 0 Å². The van der Waals surface area contributed by atoms with E-state index in [-0.39, 0.29) is 5.92 Å². The van der Waals surface area contributed by atoms with Crippen LogP contribution in [0.25, 0.3) is 10.9 Å². The predicted octanol–water partition coefficient (Wildman–Crippen LogP) is 1.60. The zero-order valence-electron chi connectivity index (χ0n) is 16.8. The van der Waals surface area contributed by atoms with Gasteiger partial charge < -0.3 is 19.6 Å². The van der Waals surface area contributed by atoms with Crippen LogP contribution in [0.15, 0.2) is 36.7 Å². The normalized spacial score (nSPS) is 21.0. The van der Waals surface area contributed by atoms with Gasteiger partial charge in [-0.1, -0.05) is 0 Å². The topological polar surface area (TPSA) is 100 Å². The number of benzene rings is 1. The van der Waals surface area contributed by atoms with Crippen LogP contribution in [0.1, 0.15) is 24.8 Å². The van der Waals surface area contributed by atoms with E-state index in [1.54, 1.807) is 18.5 Å². The number of fused-ring (bicyclic) bond motifs is 1. The van der Waals surface area contributed by atoms with Gasteiger partial charge in [0.1, 0.15) is 11.6 Å². The molecule has 2 fully saturated rings. The summed E-state index contributed by atoms with van der Waals surface area (Å²) in [5.41, 5.74) is 1.96. The Balaban J connectivity index is 1.39. The summed E-state index contributed by atoms with van der Waals surface area (Å²) in [5.74, 6) is 1.34. The molecule has 2 atom stereocenters. The third-order valence-electron chi connectivity index (χ3n) is 5.94. The molecule has 4 heterocycles. The van der Waals surface area contributed by atoms with E-state index < -0.39 is 6.10 Å². The Bertz CT molecular complexity index is 997. The molecule has 0 amide bonds. The molecular weight excluding hydrogens is 382 g/mol. The molecule has 0 saturated carbocycles. The number of aliphatic hydroxyl groups is 1. The molecule has 3 aromatic rings. The molecule has 2 aromatic heterocycles. The van der Waals surface area contributed by atoms with Gasteiger partial charge in [0.25, 0.3) is 0 Å². The zero-order chi connectivity index (χ0) is 20.3. The fraction of sp³-hybridized carbons (Fsp3) is 0.476. The lowest BCUT2D eigenvalue weighted by Crippen LogP contribution is -2.39. The van der Waals surface area contributed by atoms with Crippen molar-refractivity contribution in [2.24, 2.45) is 5.92 Å². The highest BCUT2D eigenvalue weighted by atomic mass is 16.5. The maximum atomic E-state index is 10.8. The summed E-state index contributed by atoms with van der Waals surface area (Å²) in [7, 11) is 0. The Hall–Kier alpha value is -2.91. The number of anilines is 2. The number of morpholine rings is 1. The van der Waals surface area contributed by atoms with Gasteiger partial charge in [-0.25, -0.2) is 9.97 Å². The summed E-state index contributed by atoms with van der Waals surface area (Å²) >= 11 is 0. The lowest BCUT2D eigenvalue weighted by molar-refractivity contribution is 0.0898. The van der Waals surface area contributed by atoms with Crippen molar-refractivity contribution in [3.8, 4) is 0 Å². The molecule has 0 radical (unpaired) electrons. The lowest BCUT2D eigenvalue weighted by Gasteiger charge is -2.35. The van der Waals surface area contributed by atoms with E-state index in [0.29, 0.717) is 12.4 Å². The Morgan fingerprint density at radius 2 is 1.87 bits per heavy atom. The second-order valence-corrected chi connectivity index (χ2v) is 7.81. The molecule has 2 aliphatic rings. The molecule has 1 aromatic carbocycles. The van der Waals surface area contributed by atoms with Gasteiger partial charge in [0.2, 0.25) is 0 Å². The summed E-state index contributed by atoms with van der Waals surface area (Å²) in [6.07, 6.45) is 4.53. The minimum absolute atomic E-state index is 0.0405. The molecule has 2 saturated heterocycles. The van der Waals surface area contributed by atoms with Gasteiger partial charge in [-0.3, -0.25) is 0 Å². The molecule has 1 N–H and O–H groups in total. The number of aliphatic hydroxyl groups excluding tert-OH is 1. The Morgan fingerprint density at radius 3 is 2.70 bits per heavy atom. The molecule has 5 rings (SSSR count). The molecule has 2 unspecified atom stereocenters. The van der Waals surface area contributed by atoms with Crippen LogP contribution in [0, 0.1) is 5.92 Å². The summed E-state index contributed by atoms with van der Waals surface area (Å²) in [5, 5.41) is 24.4. The number of aromatic nitrogens is 5. The highest BCUT2D eigenvalue weighted by Crippen LogP contribution is 2.33. The van der Waals surface area contributed by atoms with Crippen molar-refractivity contribution < 1.29 is 9.84 Å². The van der Waals surface area contributed by atoms with Crippen LogP contribution in [0.4, 0.5) is 11.5 Å². The summed E-state index contributed by atoms with van der Waals surface area (Å²) in [4.78, 5) is 13.0. The first kappa shape index (κ1) is 19.1. The highest BCUT2D eigenvalue weighted by Gasteiger charge is 2.30. The summed E-state index contributed by atoms with van der Waals surface area (Å²) < 4.78 is 5.45. The maximum absolute atomic E-state index is 10.8. The van der Waals surface area contributed by atoms with E-state index in [1.165, 1.54) is 0 Å². The molecule has 0 bridgehead atoms. The first-order valence-corrected chi connectivity index (χ1v) is 10.5. The van der Waals surface area contributed by atoms with Crippen molar-refractivity contribution in [2.45, 2.75) is 18.9 Å². The lowest BCUT2D eigenvalue weighted by atomic mass is 9.92. The van der Waals surface area contributed by atoms with Crippen LogP contribution >= 0.6 is 0 Å². The van der Waals surface area contributed by atoms with Crippen molar-refractivity contribution in [2.75, 3.05) is 49.2 Å². The maximum Gasteiger partial charge on any atom is 0.162 e. The molecule has 0 spiro atoms. The average molecular weight is 407 g/mol. The van der Waals surface area contributed by atoms with Crippen molar-refractivity contribution in [1.29, 1.82) is 0 Å². The van der Waals surface area contributed by atoms with Crippen LogP contribution in [0.5, 0.6) is 0 Å². The van der Waals surface area contributed by atoms with Crippen molar-refractivity contribution in [3.63, 3.8) is 0 Å². The second-order valence-electron chi connectivity index (χ2n) is 7.81. The minimum atomic E-state index is -0.692.